The lowest BCUT2D eigenvalue weighted by Crippen LogP contribution is -2.16. The number of thiophene rings is 1. The summed E-state index contributed by atoms with van der Waals surface area (Å²) in [5.74, 6) is 0. The normalized spacial score (nSPS) is 11.1. The van der Waals surface area contributed by atoms with Gasteiger partial charge in [0.15, 0.2) is 0 Å². The van der Waals surface area contributed by atoms with Gasteiger partial charge < -0.3 is 0 Å². The summed E-state index contributed by atoms with van der Waals surface area (Å²) in [6.45, 7) is 1.94. The largest absolute Gasteiger partial charge is 0.297 e. The van der Waals surface area contributed by atoms with Crippen LogP contribution >= 0.6 is 43.2 Å². The lowest BCUT2D eigenvalue weighted by molar-refractivity contribution is 0.321. The van der Waals surface area contributed by atoms with Gasteiger partial charge >= 0.3 is 0 Å². The standard InChI is InChI=1S/C13H13Br2NS/c1-16(9-11-6-7-13(15)17-11)8-10-4-2-3-5-12(10)14/h2-7H,8-9H2,1H3. The van der Waals surface area contributed by atoms with E-state index in [9.17, 15) is 0 Å². The van der Waals surface area contributed by atoms with E-state index in [1.807, 2.05) is 6.07 Å². The van der Waals surface area contributed by atoms with Crippen molar-refractivity contribution in [3.8, 4) is 0 Å². The summed E-state index contributed by atoms with van der Waals surface area (Å²) in [6, 6.07) is 12.6. The Hall–Kier alpha value is -0.160. The average molecular weight is 375 g/mol. The van der Waals surface area contributed by atoms with Crippen LogP contribution in [0, 0.1) is 0 Å². The Kier molecular flexibility index (Phi) is 4.79. The zero-order valence-corrected chi connectivity index (χ0v) is 13.5. The van der Waals surface area contributed by atoms with Crippen LogP contribution < -0.4 is 0 Å². The maximum Gasteiger partial charge on any atom is 0.0701 e. The molecule has 0 saturated heterocycles. The third-order valence-electron chi connectivity index (χ3n) is 2.45. The summed E-state index contributed by atoms with van der Waals surface area (Å²) in [7, 11) is 2.15. The van der Waals surface area contributed by atoms with Crippen LogP contribution in [0.4, 0.5) is 0 Å². The quantitative estimate of drug-likeness (QED) is 0.735. The number of hydrogen-bond acceptors (Lipinski definition) is 2. The molecule has 1 heterocycles. The molecule has 0 radical (unpaired) electrons. The Morgan fingerprint density at radius 1 is 1.06 bits per heavy atom. The second kappa shape index (κ2) is 6.14. The van der Waals surface area contributed by atoms with E-state index in [0.29, 0.717) is 0 Å². The smallest absolute Gasteiger partial charge is 0.0701 e. The number of rotatable bonds is 4. The molecular formula is C13H13Br2NS. The van der Waals surface area contributed by atoms with Crippen LogP contribution in [-0.2, 0) is 13.1 Å². The molecule has 0 aliphatic carbocycles. The van der Waals surface area contributed by atoms with E-state index in [-0.39, 0.29) is 0 Å². The third-order valence-corrected chi connectivity index (χ3v) is 4.83. The van der Waals surface area contributed by atoms with Gasteiger partial charge in [-0.15, -0.1) is 11.3 Å². The van der Waals surface area contributed by atoms with Crippen molar-refractivity contribution >= 4 is 43.2 Å². The third kappa shape index (κ3) is 3.91. The van der Waals surface area contributed by atoms with Gasteiger partial charge in [0.2, 0.25) is 0 Å². The highest BCUT2D eigenvalue weighted by Crippen LogP contribution is 2.24. The molecule has 2 aromatic rings. The maximum absolute atomic E-state index is 3.58. The van der Waals surface area contributed by atoms with E-state index in [2.05, 4.69) is 74.1 Å². The van der Waals surface area contributed by atoms with Crippen LogP contribution in [0.5, 0.6) is 0 Å². The maximum atomic E-state index is 3.58. The van der Waals surface area contributed by atoms with E-state index in [4.69, 9.17) is 0 Å². The minimum Gasteiger partial charge on any atom is -0.297 e. The minimum atomic E-state index is 0.955. The van der Waals surface area contributed by atoms with Crippen molar-refractivity contribution in [2.45, 2.75) is 13.1 Å². The highest BCUT2D eigenvalue weighted by atomic mass is 79.9. The molecule has 0 fully saturated rings. The molecule has 90 valence electrons. The molecule has 1 nitrogen and oxygen atoms in total. The Bertz CT molecular complexity index is 496. The molecule has 0 aliphatic heterocycles. The molecule has 2 rings (SSSR count). The summed E-state index contributed by atoms with van der Waals surface area (Å²) in [5, 5.41) is 0. The predicted molar refractivity (Wildman–Crippen MR) is 81.3 cm³/mol. The Morgan fingerprint density at radius 2 is 1.82 bits per heavy atom. The fourth-order valence-corrected chi connectivity index (χ4v) is 3.65. The molecule has 0 aliphatic rings. The Morgan fingerprint density at radius 3 is 2.47 bits per heavy atom. The number of nitrogens with zero attached hydrogens (tertiary/aromatic N) is 1. The van der Waals surface area contributed by atoms with Crippen molar-refractivity contribution in [3.05, 3.63) is 55.1 Å². The zero-order chi connectivity index (χ0) is 12.3. The van der Waals surface area contributed by atoms with E-state index in [1.54, 1.807) is 11.3 Å². The molecule has 0 N–H and O–H groups in total. The van der Waals surface area contributed by atoms with Crippen molar-refractivity contribution in [1.82, 2.24) is 4.90 Å². The summed E-state index contributed by atoms with van der Waals surface area (Å²) >= 11 is 8.87. The minimum absolute atomic E-state index is 0.955. The Balaban J connectivity index is 1.98. The van der Waals surface area contributed by atoms with Gasteiger partial charge in [-0.25, -0.2) is 0 Å². The topological polar surface area (TPSA) is 3.24 Å². The SMILES string of the molecule is CN(Cc1ccc(Br)s1)Cc1ccccc1Br. The monoisotopic (exact) mass is 373 g/mol. The molecular weight excluding hydrogens is 362 g/mol. The van der Waals surface area contributed by atoms with Crippen LogP contribution in [0.25, 0.3) is 0 Å². The lowest BCUT2D eigenvalue weighted by atomic mass is 10.2. The van der Waals surface area contributed by atoms with Gasteiger partial charge in [-0.05, 0) is 46.7 Å². The van der Waals surface area contributed by atoms with E-state index in [0.717, 1.165) is 13.1 Å². The van der Waals surface area contributed by atoms with E-state index < -0.39 is 0 Å². The first-order valence-corrected chi connectivity index (χ1v) is 7.71. The van der Waals surface area contributed by atoms with E-state index in [1.165, 1.54) is 18.7 Å². The highest BCUT2D eigenvalue weighted by Gasteiger charge is 2.05. The molecule has 0 bridgehead atoms. The van der Waals surface area contributed by atoms with Crippen molar-refractivity contribution in [1.29, 1.82) is 0 Å². The molecule has 0 saturated carbocycles. The number of hydrogen-bond donors (Lipinski definition) is 0. The molecule has 0 atom stereocenters. The highest BCUT2D eigenvalue weighted by molar-refractivity contribution is 9.11. The molecule has 4 heteroatoms. The molecule has 0 spiro atoms. The fraction of sp³-hybridized carbons (Fsp3) is 0.231. The first kappa shape index (κ1) is 13.3. The van der Waals surface area contributed by atoms with E-state index >= 15 is 0 Å². The summed E-state index contributed by atoms with van der Waals surface area (Å²) in [6.07, 6.45) is 0. The summed E-state index contributed by atoms with van der Waals surface area (Å²) in [5.41, 5.74) is 1.32. The first-order valence-electron chi connectivity index (χ1n) is 5.31. The zero-order valence-electron chi connectivity index (χ0n) is 9.49. The molecule has 1 aromatic carbocycles. The first-order chi connectivity index (χ1) is 8.15. The van der Waals surface area contributed by atoms with Crippen molar-refractivity contribution in [2.24, 2.45) is 0 Å². The van der Waals surface area contributed by atoms with Gasteiger partial charge in [0.25, 0.3) is 0 Å². The van der Waals surface area contributed by atoms with Crippen LogP contribution in [-0.4, -0.2) is 11.9 Å². The molecule has 1 aromatic heterocycles. The van der Waals surface area contributed by atoms with Crippen molar-refractivity contribution in [3.63, 3.8) is 0 Å². The van der Waals surface area contributed by atoms with Crippen molar-refractivity contribution < 1.29 is 0 Å². The van der Waals surface area contributed by atoms with Gasteiger partial charge in [0, 0.05) is 22.4 Å². The average Bonchev–Trinajstić information content (AvgIpc) is 2.67. The van der Waals surface area contributed by atoms with Gasteiger partial charge in [0.1, 0.15) is 0 Å². The molecule has 17 heavy (non-hydrogen) atoms. The van der Waals surface area contributed by atoms with Crippen LogP contribution in [0.3, 0.4) is 0 Å². The fourth-order valence-electron chi connectivity index (χ4n) is 1.68. The second-order valence-electron chi connectivity index (χ2n) is 3.97. The van der Waals surface area contributed by atoms with Gasteiger partial charge in [0.05, 0.1) is 3.79 Å². The Labute approximate surface area is 123 Å². The predicted octanol–water partition coefficient (Wildman–Crippen LogP) is 4.91. The number of benzene rings is 1. The van der Waals surface area contributed by atoms with Crippen LogP contribution in [0.1, 0.15) is 10.4 Å². The second-order valence-corrected chi connectivity index (χ2v) is 7.37. The van der Waals surface area contributed by atoms with Crippen LogP contribution in [0.15, 0.2) is 44.7 Å². The lowest BCUT2D eigenvalue weighted by Gasteiger charge is -2.16. The molecule has 0 amide bonds. The number of halogens is 2. The van der Waals surface area contributed by atoms with Gasteiger partial charge in [-0.2, -0.15) is 0 Å². The molecule has 0 unspecified atom stereocenters. The van der Waals surface area contributed by atoms with Crippen molar-refractivity contribution in [2.75, 3.05) is 7.05 Å². The van der Waals surface area contributed by atoms with Gasteiger partial charge in [-0.3, -0.25) is 4.90 Å². The van der Waals surface area contributed by atoms with Gasteiger partial charge in [-0.1, -0.05) is 34.1 Å². The summed E-state index contributed by atoms with van der Waals surface area (Å²) < 4.78 is 2.38. The van der Waals surface area contributed by atoms with Crippen LogP contribution in [0.2, 0.25) is 0 Å². The summed E-state index contributed by atoms with van der Waals surface area (Å²) in [4.78, 5) is 3.70.